The molecule has 6 heterocycles. The fraction of sp³-hybridized carbons (Fsp3) is 0.967. The van der Waals surface area contributed by atoms with Gasteiger partial charge in [-0.1, -0.05) is 0 Å². The second-order valence-electron chi connectivity index (χ2n) is 14.0. The van der Waals surface area contributed by atoms with Crippen LogP contribution < -0.4 is 21.4 Å². The Morgan fingerprint density at radius 2 is 1.90 bits per heavy atom. The van der Waals surface area contributed by atoms with E-state index in [-0.39, 0.29) is 30.0 Å². The highest BCUT2D eigenvalue weighted by Gasteiger charge is 2.50. The number of likely N-dealkylation sites (tertiary alicyclic amines) is 1. The van der Waals surface area contributed by atoms with Gasteiger partial charge in [0.2, 0.25) is 0 Å². The van der Waals surface area contributed by atoms with Crippen molar-refractivity contribution in [2.75, 3.05) is 64.8 Å². The van der Waals surface area contributed by atoms with Crippen LogP contribution in [0, 0.1) is 17.8 Å². The van der Waals surface area contributed by atoms with Crippen LogP contribution in [0.5, 0.6) is 0 Å². The Bertz CT molecular complexity index is 922. The number of fused-ring (bicyclic) bond motifs is 1. The number of hydrogen-bond acceptors (Lipinski definition) is 12. The van der Waals surface area contributed by atoms with Crippen LogP contribution >= 0.6 is 11.8 Å². The number of carbonyl (C=O) groups excluding carboxylic acids is 1. The third-order valence-electron chi connectivity index (χ3n) is 11.2. The van der Waals surface area contributed by atoms with Crippen LogP contribution in [0.2, 0.25) is 0 Å². The van der Waals surface area contributed by atoms with Crippen LogP contribution in [0.15, 0.2) is 0 Å². The monoisotopic (exact) mass is 607 g/mol. The van der Waals surface area contributed by atoms with Crippen LogP contribution in [0.4, 0.5) is 0 Å². The van der Waals surface area contributed by atoms with Crippen molar-refractivity contribution in [2.24, 2.45) is 17.8 Å². The summed E-state index contributed by atoms with van der Waals surface area (Å²) < 4.78 is 12.3. The van der Waals surface area contributed by atoms with E-state index >= 15 is 0 Å². The van der Waals surface area contributed by atoms with E-state index in [1.165, 1.54) is 25.7 Å². The van der Waals surface area contributed by atoms with Crippen LogP contribution in [-0.4, -0.2) is 139 Å². The lowest BCUT2D eigenvalue weighted by Crippen LogP contribution is -2.67. The molecule has 0 aromatic heterocycles. The number of β-amino-alcohol motifs (C(OH)–C–C–N with tert-alkyl or cyclic N) is 1. The molecule has 0 aromatic carbocycles. The van der Waals surface area contributed by atoms with Crippen molar-refractivity contribution >= 4 is 17.5 Å². The number of morpholine rings is 1. The normalized spacial score (nSPS) is 46.3. The molecule has 42 heavy (non-hydrogen) atoms. The topological polar surface area (TPSA) is 114 Å². The molecule has 6 aliphatic heterocycles. The molecule has 7 fully saturated rings. The summed E-state index contributed by atoms with van der Waals surface area (Å²) in [5.74, 6) is 3.18. The second kappa shape index (κ2) is 13.5. The van der Waals surface area contributed by atoms with E-state index in [0.29, 0.717) is 48.2 Å². The summed E-state index contributed by atoms with van der Waals surface area (Å²) >= 11 is 1.86. The molecule has 5 N–H and O–H groups in total. The summed E-state index contributed by atoms with van der Waals surface area (Å²) in [6.45, 7) is 10.5. The number of nitrogens with zero attached hydrogens (tertiary/aromatic N) is 3. The fourth-order valence-corrected chi connectivity index (χ4v) is 10.3. The average Bonchev–Trinajstić information content (AvgIpc) is 3.73. The van der Waals surface area contributed by atoms with Crippen molar-refractivity contribution in [1.29, 1.82) is 0 Å². The summed E-state index contributed by atoms with van der Waals surface area (Å²) in [5, 5.41) is 23.8. The molecular weight excluding hydrogens is 554 g/mol. The lowest BCUT2D eigenvalue weighted by Gasteiger charge is -2.43. The van der Waals surface area contributed by atoms with Gasteiger partial charge in [0.25, 0.3) is 0 Å². The fourth-order valence-electron chi connectivity index (χ4n) is 8.65. The van der Waals surface area contributed by atoms with E-state index in [1.54, 1.807) is 0 Å². The first-order chi connectivity index (χ1) is 20.5. The van der Waals surface area contributed by atoms with E-state index in [4.69, 9.17) is 9.47 Å². The summed E-state index contributed by atoms with van der Waals surface area (Å²) in [6, 6.07) is 0.951. The first kappa shape index (κ1) is 30.3. The summed E-state index contributed by atoms with van der Waals surface area (Å²) in [4.78, 5) is 17.8. The summed E-state index contributed by atoms with van der Waals surface area (Å²) in [7, 11) is 0. The Hall–Kier alpha value is -0.380. The van der Waals surface area contributed by atoms with Gasteiger partial charge in [0.15, 0.2) is 5.78 Å². The van der Waals surface area contributed by atoms with Gasteiger partial charge in [0, 0.05) is 70.2 Å². The first-order valence-corrected chi connectivity index (χ1v) is 17.9. The van der Waals surface area contributed by atoms with Gasteiger partial charge in [-0.2, -0.15) is 0 Å². The zero-order chi connectivity index (χ0) is 28.6. The van der Waals surface area contributed by atoms with Gasteiger partial charge >= 0.3 is 0 Å². The Labute approximate surface area is 255 Å². The van der Waals surface area contributed by atoms with Gasteiger partial charge in [0.05, 0.1) is 36.8 Å². The minimum absolute atomic E-state index is 0.0409. The number of Topliss-reactive ketones (excluding diaryl/α,β-unsaturated/α-hetero) is 1. The number of hydrogen-bond donors (Lipinski definition) is 5. The number of thioether (sulfide) groups is 1. The molecule has 1 saturated carbocycles. The maximum absolute atomic E-state index is 13.1. The predicted octanol–water partition coefficient (Wildman–Crippen LogP) is -0.0332. The Morgan fingerprint density at radius 3 is 2.69 bits per heavy atom. The van der Waals surface area contributed by atoms with E-state index in [2.05, 4.69) is 43.1 Å². The second-order valence-corrected chi connectivity index (χ2v) is 15.1. The maximum Gasteiger partial charge on any atom is 0.152 e. The summed E-state index contributed by atoms with van der Waals surface area (Å²) in [5.41, 5.74) is 3.75. The van der Waals surface area contributed by atoms with Crippen molar-refractivity contribution in [3.63, 3.8) is 0 Å². The smallest absolute Gasteiger partial charge is 0.152 e. The molecule has 0 aromatic rings. The molecule has 0 radical (unpaired) electrons. The highest BCUT2D eigenvalue weighted by Crippen LogP contribution is 2.46. The van der Waals surface area contributed by atoms with Crippen molar-refractivity contribution in [1.82, 2.24) is 36.2 Å². The van der Waals surface area contributed by atoms with Gasteiger partial charge in [-0.15, -0.1) is 11.8 Å². The molecule has 0 spiro atoms. The number of aliphatic hydroxyl groups is 1. The van der Waals surface area contributed by atoms with Gasteiger partial charge in [-0.05, 0) is 63.0 Å². The quantitative estimate of drug-likeness (QED) is 0.268. The van der Waals surface area contributed by atoms with Crippen LogP contribution in [0.3, 0.4) is 0 Å². The minimum Gasteiger partial charge on any atom is -0.392 e. The SMILES string of the molecule is CC1NN(C2CCNC(NC3CCC(C4CSC5C(=O)CC(N6CCOCC6)OC54)CC3)N2)CC1CN1CCC(O)C1. The molecule has 11 nitrogen and oxygen atoms in total. The number of hydrazine groups is 1. The maximum atomic E-state index is 13.1. The van der Waals surface area contributed by atoms with E-state index in [0.717, 1.165) is 77.6 Å². The molecule has 7 aliphatic rings. The van der Waals surface area contributed by atoms with E-state index in [9.17, 15) is 9.90 Å². The van der Waals surface area contributed by atoms with Crippen LogP contribution in [-0.2, 0) is 14.3 Å². The molecular formula is C30H53N7O4S. The third-order valence-corrected chi connectivity index (χ3v) is 12.6. The minimum atomic E-state index is -0.148. The van der Waals surface area contributed by atoms with Gasteiger partial charge < -0.3 is 19.5 Å². The van der Waals surface area contributed by atoms with Crippen LogP contribution in [0.1, 0.15) is 51.9 Å². The lowest BCUT2D eigenvalue weighted by atomic mass is 9.75. The number of aliphatic hydroxyl groups excluding tert-OH is 1. The number of ether oxygens (including phenoxy) is 2. The molecule has 7 rings (SSSR count). The van der Waals surface area contributed by atoms with Crippen molar-refractivity contribution in [2.45, 2.75) is 100 Å². The number of carbonyl (C=O) groups is 1. The third kappa shape index (κ3) is 6.74. The van der Waals surface area contributed by atoms with Crippen molar-refractivity contribution < 1.29 is 19.4 Å². The molecule has 9 atom stereocenters. The molecule has 238 valence electrons. The van der Waals surface area contributed by atoms with Crippen LogP contribution in [0.25, 0.3) is 0 Å². The van der Waals surface area contributed by atoms with Crippen molar-refractivity contribution in [3.8, 4) is 0 Å². The Balaban J connectivity index is 0.870. The van der Waals surface area contributed by atoms with Gasteiger partial charge in [0.1, 0.15) is 12.5 Å². The molecule has 1 aliphatic carbocycles. The Kier molecular flexibility index (Phi) is 9.76. The van der Waals surface area contributed by atoms with E-state index in [1.807, 2.05) is 11.8 Å². The van der Waals surface area contributed by atoms with Gasteiger partial charge in [-0.3, -0.25) is 31.1 Å². The standard InChI is InChI=1S/C30H53N7O4S/c1-19-21(15-35-9-7-23(38)17-35)16-37(34-19)26-6-8-31-30(33-26)32-22-4-2-20(3-5-22)24-18-42-29-25(39)14-27(41-28(24)29)36-10-12-40-13-11-36/h19-24,26-34,38H,2-18H2,1H3. The predicted molar refractivity (Wildman–Crippen MR) is 162 cm³/mol. The molecule has 9 unspecified atom stereocenters. The van der Waals surface area contributed by atoms with Gasteiger partial charge in [-0.25, -0.2) is 5.01 Å². The number of ketones is 1. The first-order valence-electron chi connectivity index (χ1n) is 16.8. The molecule has 12 heteroatoms. The Morgan fingerprint density at radius 1 is 1.07 bits per heavy atom. The molecule has 0 amide bonds. The zero-order valence-corrected chi connectivity index (χ0v) is 26.1. The van der Waals surface area contributed by atoms with E-state index < -0.39 is 0 Å². The van der Waals surface area contributed by atoms with Crippen molar-refractivity contribution in [3.05, 3.63) is 0 Å². The highest BCUT2D eigenvalue weighted by molar-refractivity contribution is 8.01. The average molecular weight is 608 g/mol. The zero-order valence-electron chi connectivity index (χ0n) is 25.3. The number of nitrogens with one attached hydrogen (secondary N) is 4. The largest absolute Gasteiger partial charge is 0.392 e. The molecule has 6 saturated heterocycles. The number of rotatable bonds is 7. The summed E-state index contributed by atoms with van der Waals surface area (Å²) in [6.07, 6.45) is 7.60. The highest BCUT2D eigenvalue weighted by atomic mass is 32.2. The lowest BCUT2D eigenvalue weighted by molar-refractivity contribution is -0.170. The molecule has 0 bridgehead atoms.